The summed E-state index contributed by atoms with van der Waals surface area (Å²) >= 11 is 1.51. The summed E-state index contributed by atoms with van der Waals surface area (Å²) in [5.41, 5.74) is 5.93. The fourth-order valence-electron chi connectivity index (χ4n) is 2.83. The number of nitrogens with zero attached hydrogens (tertiary/aromatic N) is 2. The molecule has 0 aromatic carbocycles. The molecule has 1 aliphatic rings. The number of carbonyl (C=O) groups is 1. The van der Waals surface area contributed by atoms with E-state index in [1.54, 1.807) is 18.7 Å². The molecule has 0 aliphatic heterocycles. The third-order valence-corrected chi connectivity index (χ3v) is 6.14. The zero-order valence-electron chi connectivity index (χ0n) is 17.6. The van der Waals surface area contributed by atoms with Gasteiger partial charge in [-0.1, -0.05) is 0 Å². The van der Waals surface area contributed by atoms with Gasteiger partial charge in [0.05, 0.1) is 10.9 Å². The standard InChI is InChI=1S/C14H20N4O2S.C5H10O2/c1-8-9(7-16-15-3)21-12-10(8)11(19)18(13(20)17(12)4)14(2)5-6-14;1-5(2,3)7-4-6/h15-16H,5-7H2,1-4H3;4H,1-3H3. The molecule has 2 aromatic rings. The molecule has 3 rings (SSSR count). The van der Waals surface area contributed by atoms with Gasteiger partial charge in [0, 0.05) is 18.5 Å². The Kier molecular flexibility index (Phi) is 6.52. The van der Waals surface area contributed by atoms with E-state index < -0.39 is 0 Å². The third kappa shape index (κ3) is 4.53. The summed E-state index contributed by atoms with van der Waals surface area (Å²) in [4.78, 5) is 36.8. The van der Waals surface area contributed by atoms with Crippen molar-refractivity contribution in [1.82, 2.24) is 20.0 Å². The van der Waals surface area contributed by atoms with Crippen molar-refractivity contribution >= 4 is 28.0 Å². The van der Waals surface area contributed by atoms with Gasteiger partial charge < -0.3 is 4.74 Å². The number of nitrogens with one attached hydrogen (secondary N) is 2. The normalized spacial score (nSPS) is 15.1. The zero-order valence-corrected chi connectivity index (χ0v) is 18.5. The Balaban J connectivity index is 0.000000345. The van der Waals surface area contributed by atoms with E-state index >= 15 is 0 Å². The largest absolute Gasteiger partial charge is 0.462 e. The number of hydrazine groups is 1. The maximum Gasteiger partial charge on any atom is 0.332 e. The van der Waals surface area contributed by atoms with E-state index in [9.17, 15) is 14.4 Å². The first kappa shape index (κ1) is 22.3. The summed E-state index contributed by atoms with van der Waals surface area (Å²) in [6.45, 7) is 10.5. The summed E-state index contributed by atoms with van der Waals surface area (Å²) in [7, 11) is 3.55. The minimum atomic E-state index is -0.318. The van der Waals surface area contributed by atoms with Crippen LogP contribution in [0.2, 0.25) is 0 Å². The molecule has 1 aliphatic carbocycles. The molecule has 0 bridgehead atoms. The molecule has 2 heterocycles. The Morgan fingerprint density at radius 1 is 1.29 bits per heavy atom. The molecule has 156 valence electrons. The van der Waals surface area contributed by atoms with Crippen LogP contribution in [0.5, 0.6) is 0 Å². The molecule has 28 heavy (non-hydrogen) atoms. The average Bonchev–Trinajstić information content (AvgIpc) is 3.23. The van der Waals surface area contributed by atoms with Crippen LogP contribution in [0.3, 0.4) is 0 Å². The first-order chi connectivity index (χ1) is 13.0. The molecule has 0 amide bonds. The van der Waals surface area contributed by atoms with Crippen LogP contribution in [0.15, 0.2) is 9.59 Å². The van der Waals surface area contributed by atoms with E-state index in [0.717, 1.165) is 28.1 Å². The topological polar surface area (TPSA) is 94.4 Å². The van der Waals surface area contributed by atoms with Crippen LogP contribution in [0.1, 0.15) is 51.0 Å². The van der Waals surface area contributed by atoms with E-state index in [1.807, 2.05) is 34.6 Å². The molecule has 1 fully saturated rings. The fraction of sp³-hybridized carbons (Fsp3) is 0.632. The predicted octanol–water partition coefficient (Wildman–Crippen LogP) is 1.76. The SMILES string of the molecule is CC(C)(C)OC=O.CNNCc1sc2c(c1C)c(=O)n(C1(C)CC1)c(=O)n2C. The molecular formula is C19H30N4O4S. The quantitative estimate of drug-likeness (QED) is 0.576. The minimum Gasteiger partial charge on any atom is -0.462 e. The summed E-state index contributed by atoms with van der Waals surface area (Å²) in [6, 6.07) is 0. The lowest BCUT2D eigenvalue weighted by Crippen LogP contribution is -2.43. The minimum absolute atomic E-state index is 0.141. The molecule has 0 spiro atoms. The van der Waals surface area contributed by atoms with Crippen molar-refractivity contribution in [1.29, 1.82) is 0 Å². The van der Waals surface area contributed by atoms with E-state index in [0.29, 0.717) is 18.4 Å². The number of hydrogen-bond acceptors (Lipinski definition) is 7. The number of carbonyl (C=O) groups excluding carboxylic acids is 1. The zero-order chi connectivity index (χ0) is 21.3. The fourth-order valence-corrected chi connectivity index (χ4v) is 4.02. The molecule has 8 nitrogen and oxygen atoms in total. The number of aromatic nitrogens is 2. The second-order valence-corrected chi connectivity index (χ2v) is 9.32. The number of rotatable bonds is 5. The van der Waals surface area contributed by atoms with Crippen LogP contribution in [0, 0.1) is 6.92 Å². The highest BCUT2D eigenvalue weighted by Crippen LogP contribution is 2.41. The van der Waals surface area contributed by atoms with E-state index in [1.165, 1.54) is 15.9 Å². The van der Waals surface area contributed by atoms with Gasteiger partial charge in [0.15, 0.2) is 0 Å². The van der Waals surface area contributed by atoms with Crippen molar-refractivity contribution < 1.29 is 9.53 Å². The molecular weight excluding hydrogens is 380 g/mol. The van der Waals surface area contributed by atoms with E-state index in [4.69, 9.17) is 0 Å². The van der Waals surface area contributed by atoms with Crippen molar-refractivity contribution in [2.24, 2.45) is 7.05 Å². The predicted molar refractivity (Wildman–Crippen MR) is 112 cm³/mol. The molecule has 0 saturated heterocycles. The van der Waals surface area contributed by atoms with E-state index in [-0.39, 0.29) is 22.4 Å². The van der Waals surface area contributed by atoms with Gasteiger partial charge in [0.1, 0.15) is 10.4 Å². The highest BCUT2D eigenvalue weighted by molar-refractivity contribution is 7.18. The van der Waals surface area contributed by atoms with Gasteiger partial charge in [-0.2, -0.15) is 0 Å². The summed E-state index contributed by atoms with van der Waals surface area (Å²) in [5, 5.41) is 0.683. The van der Waals surface area contributed by atoms with Gasteiger partial charge in [-0.25, -0.2) is 4.79 Å². The van der Waals surface area contributed by atoms with Gasteiger partial charge in [-0.3, -0.25) is 29.6 Å². The lowest BCUT2D eigenvalue weighted by atomic mass is 10.2. The van der Waals surface area contributed by atoms with Gasteiger partial charge in [0.25, 0.3) is 12.0 Å². The van der Waals surface area contributed by atoms with Crippen LogP contribution in [-0.2, 0) is 28.7 Å². The van der Waals surface area contributed by atoms with E-state index in [2.05, 4.69) is 15.6 Å². The number of ether oxygens (including phenoxy) is 1. The molecule has 0 unspecified atom stereocenters. The highest BCUT2D eigenvalue weighted by Gasteiger charge is 2.42. The summed E-state index contributed by atoms with van der Waals surface area (Å²) in [5.74, 6) is 0. The van der Waals surface area contributed by atoms with Gasteiger partial charge in [-0.05, 0) is 60.1 Å². The van der Waals surface area contributed by atoms with Gasteiger partial charge in [0.2, 0.25) is 0 Å². The van der Waals surface area contributed by atoms with Gasteiger partial charge in [-0.15, -0.1) is 11.3 Å². The Bertz CT molecular complexity index is 977. The Morgan fingerprint density at radius 2 is 1.89 bits per heavy atom. The summed E-state index contributed by atoms with van der Waals surface area (Å²) in [6.07, 6.45) is 1.79. The van der Waals surface area contributed by atoms with Crippen molar-refractivity contribution in [2.75, 3.05) is 7.05 Å². The van der Waals surface area contributed by atoms with Crippen molar-refractivity contribution in [2.45, 2.75) is 65.1 Å². The Morgan fingerprint density at radius 3 is 2.32 bits per heavy atom. The summed E-state index contributed by atoms with van der Waals surface area (Å²) < 4.78 is 7.61. The van der Waals surface area contributed by atoms with Crippen LogP contribution in [-0.4, -0.2) is 28.3 Å². The second kappa shape index (κ2) is 8.18. The molecule has 2 N–H and O–H groups in total. The lowest BCUT2D eigenvalue weighted by molar-refractivity contribution is -0.138. The number of thiophene rings is 1. The van der Waals surface area contributed by atoms with Crippen molar-refractivity contribution in [3.63, 3.8) is 0 Å². The van der Waals surface area contributed by atoms with Crippen molar-refractivity contribution in [3.05, 3.63) is 31.3 Å². The highest BCUT2D eigenvalue weighted by atomic mass is 32.1. The Labute approximate surface area is 168 Å². The number of hydrogen-bond donors (Lipinski definition) is 2. The van der Waals surface area contributed by atoms with Crippen LogP contribution in [0.25, 0.3) is 10.2 Å². The van der Waals surface area contributed by atoms with Crippen LogP contribution >= 0.6 is 11.3 Å². The maximum atomic E-state index is 12.8. The first-order valence-electron chi connectivity index (χ1n) is 9.22. The molecule has 0 radical (unpaired) electrons. The molecule has 2 aromatic heterocycles. The number of aryl methyl sites for hydroxylation is 2. The first-order valence-corrected chi connectivity index (χ1v) is 10.0. The molecule has 1 saturated carbocycles. The van der Waals surface area contributed by atoms with Crippen molar-refractivity contribution in [3.8, 4) is 0 Å². The second-order valence-electron chi connectivity index (χ2n) is 8.24. The number of fused-ring (bicyclic) bond motifs is 1. The van der Waals surface area contributed by atoms with Gasteiger partial charge >= 0.3 is 5.69 Å². The maximum absolute atomic E-state index is 12.8. The average molecular weight is 411 g/mol. The monoisotopic (exact) mass is 410 g/mol. The molecule has 0 atom stereocenters. The van der Waals surface area contributed by atoms with Crippen LogP contribution in [0.4, 0.5) is 0 Å². The van der Waals surface area contributed by atoms with Crippen LogP contribution < -0.4 is 22.1 Å². The third-order valence-electron chi connectivity index (χ3n) is 4.77. The lowest BCUT2D eigenvalue weighted by Gasteiger charge is -2.14. The molecule has 9 heteroatoms. The Hall–Kier alpha value is -1.97. The smallest absolute Gasteiger partial charge is 0.332 e.